The van der Waals surface area contributed by atoms with Gasteiger partial charge in [0.15, 0.2) is 0 Å². The molecule has 1 aromatic rings. The lowest BCUT2D eigenvalue weighted by Crippen LogP contribution is -2.60. The van der Waals surface area contributed by atoms with E-state index >= 15 is 0 Å². The quantitative estimate of drug-likeness (QED) is 0.103. The summed E-state index contributed by atoms with van der Waals surface area (Å²) in [5, 5.41) is 18.2. The molecule has 1 aliphatic heterocycles. The number of carbonyl (C=O) groups is 5. The van der Waals surface area contributed by atoms with E-state index in [9.17, 15) is 29.1 Å². The maximum Gasteiger partial charge on any atom is 0.323 e. The van der Waals surface area contributed by atoms with Gasteiger partial charge in [-0.05, 0) is 75.3 Å². The molecule has 10 N–H and O–H groups in total. The van der Waals surface area contributed by atoms with E-state index in [1.165, 1.54) is 0 Å². The van der Waals surface area contributed by atoms with Crippen molar-refractivity contribution in [1.29, 1.82) is 0 Å². The van der Waals surface area contributed by atoms with Crippen LogP contribution >= 0.6 is 0 Å². The third kappa shape index (κ3) is 12.5. The Kier molecular flexibility index (Phi) is 16.4. The van der Waals surface area contributed by atoms with E-state index in [-0.39, 0.29) is 50.2 Å². The van der Waals surface area contributed by atoms with Crippen molar-refractivity contribution in [3.8, 4) is 0 Å². The SMILES string of the molecule is CC(C)C[C@@H](NC(=O)[C@@H](Cc1ccccc1)NC(=O)N(CCN)CC1CCCC1)C(=O)N[C@H](CCCCN)C(=O)N1CCC(N)(C(=O)O)CC1. The fourth-order valence-electron chi connectivity index (χ4n) is 6.79. The predicted molar refractivity (Wildman–Crippen MR) is 192 cm³/mol. The fraction of sp³-hybridized carbons (Fsp3) is 0.694. The van der Waals surface area contributed by atoms with Crippen molar-refractivity contribution >= 4 is 29.7 Å². The second-order valence-electron chi connectivity index (χ2n) is 14.4. The Bertz CT molecular complexity index is 1250. The van der Waals surface area contributed by atoms with Gasteiger partial charge in [0.2, 0.25) is 17.7 Å². The molecule has 14 nitrogen and oxygen atoms in total. The molecule has 280 valence electrons. The maximum absolute atomic E-state index is 14.0. The van der Waals surface area contributed by atoms with Crippen LogP contribution in [0.3, 0.4) is 0 Å². The van der Waals surface area contributed by atoms with Crippen LogP contribution in [-0.4, -0.2) is 108 Å². The van der Waals surface area contributed by atoms with Crippen molar-refractivity contribution < 1.29 is 29.1 Å². The molecule has 0 aromatic heterocycles. The Morgan fingerprint density at radius 1 is 0.900 bits per heavy atom. The first-order valence-corrected chi connectivity index (χ1v) is 18.3. The summed E-state index contributed by atoms with van der Waals surface area (Å²) in [6.45, 7) is 5.82. The number of urea groups is 1. The van der Waals surface area contributed by atoms with E-state index in [0.29, 0.717) is 57.8 Å². The minimum absolute atomic E-state index is 0.0156. The molecule has 0 unspecified atom stereocenters. The number of nitrogens with zero attached hydrogens (tertiary/aromatic N) is 2. The van der Waals surface area contributed by atoms with Crippen LogP contribution in [0.4, 0.5) is 4.79 Å². The van der Waals surface area contributed by atoms with Gasteiger partial charge in [0, 0.05) is 39.1 Å². The highest BCUT2D eigenvalue weighted by Crippen LogP contribution is 2.25. The van der Waals surface area contributed by atoms with Crippen LogP contribution in [0.25, 0.3) is 0 Å². The van der Waals surface area contributed by atoms with Gasteiger partial charge in [-0.2, -0.15) is 0 Å². The summed E-state index contributed by atoms with van der Waals surface area (Å²) in [7, 11) is 0. The predicted octanol–water partition coefficient (Wildman–Crippen LogP) is 1.31. The molecule has 50 heavy (non-hydrogen) atoms. The van der Waals surface area contributed by atoms with Crippen LogP contribution in [0.2, 0.25) is 0 Å². The molecule has 3 rings (SSSR count). The van der Waals surface area contributed by atoms with Gasteiger partial charge in [-0.25, -0.2) is 4.79 Å². The monoisotopic (exact) mass is 700 g/mol. The molecule has 1 heterocycles. The molecule has 1 saturated heterocycles. The molecule has 0 spiro atoms. The number of carbonyl (C=O) groups excluding carboxylic acids is 4. The summed E-state index contributed by atoms with van der Waals surface area (Å²) in [4.78, 5) is 70.1. The molecule has 2 fully saturated rings. The number of likely N-dealkylation sites (tertiary alicyclic amines) is 1. The van der Waals surface area contributed by atoms with Gasteiger partial charge in [0.25, 0.3) is 0 Å². The molecule has 1 aliphatic carbocycles. The maximum atomic E-state index is 14.0. The zero-order chi connectivity index (χ0) is 36.7. The number of rotatable bonds is 19. The molecule has 3 atom stereocenters. The molecule has 1 aromatic carbocycles. The Labute approximate surface area is 296 Å². The van der Waals surface area contributed by atoms with Crippen molar-refractivity contribution in [2.24, 2.45) is 29.0 Å². The lowest BCUT2D eigenvalue weighted by molar-refractivity contribution is -0.148. The smallest absolute Gasteiger partial charge is 0.323 e. The number of unbranched alkanes of at least 4 members (excludes halogenated alkanes) is 1. The highest BCUT2D eigenvalue weighted by molar-refractivity contribution is 5.94. The van der Waals surface area contributed by atoms with E-state index in [2.05, 4.69) is 16.0 Å². The van der Waals surface area contributed by atoms with Gasteiger partial charge in [-0.1, -0.05) is 57.0 Å². The second-order valence-corrected chi connectivity index (χ2v) is 14.4. The third-order valence-electron chi connectivity index (χ3n) is 9.83. The summed E-state index contributed by atoms with van der Waals surface area (Å²) in [5.41, 5.74) is 17.0. The highest BCUT2D eigenvalue weighted by atomic mass is 16.4. The number of nitrogens with one attached hydrogen (secondary N) is 3. The Hall–Kier alpha value is -3.75. The highest BCUT2D eigenvalue weighted by Gasteiger charge is 2.40. The van der Waals surface area contributed by atoms with E-state index in [0.717, 1.165) is 31.2 Å². The minimum Gasteiger partial charge on any atom is -0.480 e. The molecule has 14 heteroatoms. The first-order chi connectivity index (χ1) is 23.9. The molecular weight excluding hydrogens is 640 g/mol. The second kappa shape index (κ2) is 20.2. The van der Waals surface area contributed by atoms with E-state index in [1.807, 2.05) is 44.2 Å². The van der Waals surface area contributed by atoms with Gasteiger partial charge < -0.3 is 48.1 Å². The Morgan fingerprint density at radius 2 is 1.52 bits per heavy atom. The number of nitrogens with two attached hydrogens (primary N) is 3. The summed E-state index contributed by atoms with van der Waals surface area (Å²) in [6, 6.07) is 6.13. The summed E-state index contributed by atoms with van der Waals surface area (Å²) in [6.07, 6.45) is 6.66. The zero-order valence-electron chi connectivity index (χ0n) is 29.9. The van der Waals surface area contributed by atoms with Crippen LogP contribution in [-0.2, 0) is 25.6 Å². The topological polar surface area (TPSA) is 226 Å². The van der Waals surface area contributed by atoms with Crippen LogP contribution < -0.4 is 33.2 Å². The minimum atomic E-state index is -1.40. The lowest BCUT2D eigenvalue weighted by atomic mass is 9.88. The number of amides is 5. The zero-order valence-corrected chi connectivity index (χ0v) is 29.9. The summed E-state index contributed by atoms with van der Waals surface area (Å²) >= 11 is 0. The standard InChI is InChI=1S/C36H60N8O6/c1-25(2)22-29(31(45)40-28(14-8-9-17-37)33(47)43-19-15-36(39,16-20-43)34(48)49)41-32(46)30(23-26-10-4-3-5-11-26)42-35(50)44(21-18-38)24-27-12-6-7-13-27/h3-5,10-11,25,27-30H,6-9,12-24,37-39H2,1-2H3,(H,40,45)(H,41,46)(H,42,50)(H,48,49)/t28-,29-,30-/m1/s1. The first kappa shape index (κ1) is 40.7. The molecular formula is C36H60N8O6. The van der Waals surface area contributed by atoms with E-state index in [1.54, 1.807) is 9.80 Å². The number of hydrogen-bond acceptors (Lipinski definition) is 8. The molecule has 0 bridgehead atoms. The van der Waals surface area contributed by atoms with Gasteiger partial charge in [0.05, 0.1) is 0 Å². The fourth-order valence-corrected chi connectivity index (χ4v) is 6.79. The summed E-state index contributed by atoms with van der Waals surface area (Å²) < 4.78 is 0. The van der Waals surface area contributed by atoms with Gasteiger partial charge in [-0.15, -0.1) is 0 Å². The number of benzene rings is 1. The molecule has 1 saturated carbocycles. The third-order valence-corrected chi connectivity index (χ3v) is 9.83. The average Bonchev–Trinajstić information content (AvgIpc) is 3.60. The van der Waals surface area contributed by atoms with Crippen molar-refractivity contribution in [3.05, 3.63) is 35.9 Å². The van der Waals surface area contributed by atoms with Gasteiger partial charge in [0.1, 0.15) is 23.7 Å². The van der Waals surface area contributed by atoms with Gasteiger partial charge in [-0.3, -0.25) is 19.2 Å². The van der Waals surface area contributed by atoms with Gasteiger partial charge >= 0.3 is 12.0 Å². The molecule has 0 radical (unpaired) electrons. The van der Waals surface area contributed by atoms with Crippen LogP contribution in [0.1, 0.15) is 83.6 Å². The average molecular weight is 701 g/mol. The number of carboxylic acids is 1. The number of aliphatic carboxylic acids is 1. The van der Waals surface area contributed by atoms with E-state index < -0.39 is 41.4 Å². The lowest BCUT2D eigenvalue weighted by Gasteiger charge is -2.38. The van der Waals surface area contributed by atoms with E-state index in [4.69, 9.17) is 17.2 Å². The van der Waals surface area contributed by atoms with Crippen molar-refractivity contribution in [2.75, 3.05) is 39.3 Å². The van der Waals surface area contributed by atoms with Crippen LogP contribution in [0, 0.1) is 11.8 Å². The Morgan fingerprint density at radius 3 is 2.10 bits per heavy atom. The van der Waals surface area contributed by atoms with Crippen LogP contribution in [0.15, 0.2) is 30.3 Å². The number of piperidine rings is 1. The van der Waals surface area contributed by atoms with Crippen LogP contribution in [0.5, 0.6) is 0 Å². The Balaban J connectivity index is 1.78. The van der Waals surface area contributed by atoms with Crippen molar-refractivity contribution in [2.45, 2.75) is 108 Å². The molecule has 2 aliphatic rings. The number of hydrogen-bond donors (Lipinski definition) is 7. The molecule has 5 amide bonds. The largest absolute Gasteiger partial charge is 0.480 e. The van der Waals surface area contributed by atoms with Crippen molar-refractivity contribution in [1.82, 2.24) is 25.8 Å². The number of carboxylic acid groups (broad SMARTS) is 1. The normalized spacial score (nSPS) is 17.8. The van der Waals surface area contributed by atoms with Crippen molar-refractivity contribution in [3.63, 3.8) is 0 Å². The summed E-state index contributed by atoms with van der Waals surface area (Å²) in [5.74, 6) is -2.03. The first-order valence-electron chi connectivity index (χ1n) is 18.3.